The number of rotatable bonds is 7. The first-order valence-corrected chi connectivity index (χ1v) is 12.2. The van der Waals surface area contributed by atoms with Crippen molar-refractivity contribution in [2.45, 2.75) is 26.1 Å². The lowest BCUT2D eigenvalue weighted by molar-refractivity contribution is -0.137. The maximum absolute atomic E-state index is 12.8. The third kappa shape index (κ3) is 5.83. The van der Waals surface area contributed by atoms with Gasteiger partial charge in [0, 0.05) is 22.7 Å². The molecule has 0 radical (unpaired) electrons. The topological polar surface area (TPSA) is 114 Å². The fraction of sp³-hybridized carbons (Fsp3) is 0.217. The van der Waals surface area contributed by atoms with Gasteiger partial charge in [0.25, 0.3) is 0 Å². The van der Waals surface area contributed by atoms with Crippen LogP contribution >= 0.6 is 0 Å². The summed E-state index contributed by atoms with van der Waals surface area (Å²) in [5.41, 5.74) is 1.44. The quantitative estimate of drug-likeness (QED) is 0.385. The predicted octanol–water partition coefficient (Wildman–Crippen LogP) is 4.35. The Morgan fingerprint density at radius 2 is 1.89 bits per heavy atom. The molecule has 0 atom stereocenters. The van der Waals surface area contributed by atoms with Gasteiger partial charge in [0.15, 0.2) is 0 Å². The Bertz CT molecular complexity index is 1490. The third-order valence-electron chi connectivity index (χ3n) is 5.12. The van der Waals surface area contributed by atoms with Crippen molar-refractivity contribution in [2.75, 3.05) is 6.26 Å². The number of hydrogen-bond donors (Lipinski definition) is 2. The molecule has 0 aliphatic heterocycles. The summed E-state index contributed by atoms with van der Waals surface area (Å²) in [5.74, 6) is 0.449. The Balaban J connectivity index is 1.48. The number of H-pyrrole nitrogens is 1. The fourth-order valence-electron chi connectivity index (χ4n) is 3.45. The molecule has 0 spiro atoms. The lowest BCUT2D eigenvalue weighted by atomic mass is 10.1. The standard InChI is InChI=1S/C23H20F3N3O5S/c1-13-20(28-22(34-13)14-3-5-16(6-4-14)23(24,25)26)12-33-17-7-8-19-18(10-17)15(11-27-19)9-21(30)29-35(2,31)32/h3-8,10-11,27H,9,12H2,1-2H3,(H,29,30). The van der Waals surface area contributed by atoms with Crippen molar-refractivity contribution >= 4 is 26.8 Å². The molecule has 0 aliphatic carbocycles. The largest absolute Gasteiger partial charge is 0.487 e. The summed E-state index contributed by atoms with van der Waals surface area (Å²) < 4.78 is 74.2. The summed E-state index contributed by atoms with van der Waals surface area (Å²) in [6.45, 7) is 1.71. The van der Waals surface area contributed by atoms with Gasteiger partial charge in [0.05, 0.1) is 18.2 Å². The molecule has 0 saturated carbocycles. The highest BCUT2D eigenvalue weighted by Crippen LogP contribution is 2.31. The number of aryl methyl sites for hydroxylation is 1. The van der Waals surface area contributed by atoms with E-state index in [0.717, 1.165) is 23.9 Å². The first-order chi connectivity index (χ1) is 16.4. The number of benzene rings is 2. The van der Waals surface area contributed by atoms with Gasteiger partial charge in [0.1, 0.15) is 23.8 Å². The van der Waals surface area contributed by atoms with E-state index >= 15 is 0 Å². The van der Waals surface area contributed by atoms with E-state index in [2.05, 4.69) is 9.97 Å². The second kappa shape index (κ2) is 9.10. The molecular weight excluding hydrogens is 487 g/mol. The minimum atomic E-state index is -4.43. The predicted molar refractivity (Wildman–Crippen MR) is 121 cm³/mol. The number of sulfonamides is 1. The van der Waals surface area contributed by atoms with E-state index in [0.29, 0.717) is 33.7 Å². The summed E-state index contributed by atoms with van der Waals surface area (Å²) in [6.07, 6.45) is -2.05. The number of hydrogen-bond acceptors (Lipinski definition) is 6. The Labute approximate surface area is 198 Å². The average molecular weight is 507 g/mol. The van der Waals surface area contributed by atoms with Crippen molar-refractivity contribution in [1.82, 2.24) is 14.7 Å². The van der Waals surface area contributed by atoms with Gasteiger partial charge in [-0.15, -0.1) is 0 Å². The van der Waals surface area contributed by atoms with Crippen LogP contribution in [-0.2, 0) is 34.0 Å². The second-order valence-electron chi connectivity index (χ2n) is 7.88. The average Bonchev–Trinajstić information content (AvgIpc) is 3.33. The summed E-state index contributed by atoms with van der Waals surface area (Å²) in [6, 6.07) is 9.69. The maximum Gasteiger partial charge on any atom is 0.416 e. The van der Waals surface area contributed by atoms with Gasteiger partial charge in [-0.1, -0.05) is 0 Å². The molecule has 2 aromatic heterocycles. The van der Waals surface area contributed by atoms with Crippen molar-refractivity contribution in [3.05, 3.63) is 71.2 Å². The fourth-order valence-corrected chi connectivity index (χ4v) is 3.93. The molecule has 2 aromatic carbocycles. The number of nitrogens with zero attached hydrogens (tertiary/aromatic N) is 1. The number of carbonyl (C=O) groups excluding carboxylic acids is 1. The van der Waals surface area contributed by atoms with E-state index in [1.54, 1.807) is 31.3 Å². The van der Waals surface area contributed by atoms with Gasteiger partial charge in [-0.3, -0.25) is 9.52 Å². The minimum absolute atomic E-state index is 0.0375. The van der Waals surface area contributed by atoms with Gasteiger partial charge >= 0.3 is 6.18 Å². The molecule has 12 heteroatoms. The van der Waals surface area contributed by atoms with Crippen LogP contribution < -0.4 is 9.46 Å². The van der Waals surface area contributed by atoms with E-state index in [4.69, 9.17) is 9.15 Å². The van der Waals surface area contributed by atoms with E-state index in [1.165, 1.54) is 12.1 Å². The van der Waals surface area contributed by atoms with Gasteiger partial charge in [-0.25, -0.2) is 13.4 Å². The molecule has 0 fully saturated rings. The van der Waals surface area contributed by atoms with Crippen LogP contribution in [0.1, 0.15) is 22.6 Å². The molecule has 0 bridgehead atoms. The molecule has 2 N–H and O–H groups in total. The van der Waals surface area contributed by atoms with Gasteiger partial charge in [-0.05, 0) is 55.0 Å². The monoisotopic (exact) mass is 507 g/mol. The highest BCUT2D eigenvalue weighted by atomic mass is 32.2. The zero-order valence-electron chi connectivity index (χ0n) is 18.6. The van der Waals surface area contributed by atoms with E-state index in [-0.39, 0.29) is 18.9 Å². The van der Waals surface area contributed by atoms with Crippen LogP contribution in [-0.4, -0.2) is 30.5 Å². The van der Waals surface area contributed by atoms with Crippen LogP contribution in [0.15, 0.2) is 53.1 Å². The molecular formula is C23H20F3N3O5S. The van der Waals surface area contributed by atoms with Gasteiger partial charge in [-0.2, -0.15) is 13.2 Å². The number of oxazole rings is 1. The van der Waals surface area contributed by atoms with Crippen LogP contribution in [0.2, 0.25) is 0 Å². The highest BCUT2D eigenvalue weighted by Gasteiger charge is 2.30. The molecule has 2 heterocycles. The molecule has 184 valence electrons. The van der Waals surface area contributed by atoms with Crippen molar-refractivity contribution in [1.29, 1.82) is 0 Å². The van der Waals surface area contributed by atoms with Crippen LogP contribution in [0.3, 0.4) is 0 Å². The summed E-state index contributed by atoms with van der Waals surface area (Å²) in [4.78, 5) is 19.3. The van der Waals surface area contributed by atoms with Crippen molar-refractivity contribution in [2.24, 2.45) is 0 Å². The summed E-state index contributed by atoms with van der Waals surface area (Å²) in [7, 11) is -3.66. The van der Waals surface area contributed by atoms with Crippen molar-refractivity contribution in [3.8, 4) is 17.2 Å². The Kier molecular flexibility index (Phi) is 6.32. The molecule has 0 saturated heterocycles. The molecule has 35 heavy (non-hydrogen) atoms. The number of fused-ring (bicyclic) bond motifs is 1. The maximum atomic E-state index is 12.8. The minimum Gasteiger partial charge on any atom is -0.487 e. The third-order valence-corrected chi connectivity index (χ3v) is 5.71. The number of carbonyl (C=O) groups is 1. The lowest BCUT2D eigenvalue weighted by Gasteiger charge is -2.06. The number of aromatic amines is 1. The number of alkyl halides is 3. The summed E-state index contributed by atoms with van der Waals surface area (Å²) in [5, 5.41) is 0.688. The second-order valence-corrected chi connectivity index (χ2v) is 9.63. The van der Waals surface area contributed by atoms with E-state index in [9.17, 15) is 26.4 Å². The number of aromatic nitrogens is 2. The van der Waals surface area contributed by atoms with Gasteiger partial charge < -0.3 is 14.1 Å². The van der Waals surface area contributed by atoms with E-state index < -0.39 is 27.7 Å². The first kappa shape index (κ1) is 24.3. The summed E-state index contributed by atoms with van der Waals surface area (Å²) >= 11 is 0. The zero-order chi connectivity index (χ0) is 25.4. The molecule has 8 nitrogen and oxygen atoms in total. The highest BCUT2D eigenvalue weighted by molar-refractivity contribution is 7.89. The van der Waals surface area contributed by atoms with Crippen molar-refractivity contribution < 1.29 is 35.5 Å². The lowest BCUT2D eigenvalue weighted by Crippen LogP contribution is -2.30. The molecule has 1 amide bonds. The Morgan fingerprint density at radius 3 is 2.54 bits per heavy atom. The Morgan fingerprint density at radius 1 is 1.17 bits per heavy atom. The molecule has 4 aromatic rings. The number of ether oxygens (including phenoxy) is 1. The smallest absolute Gasteiger partial charge is 0.416 e. The van der Waals surface area contributed by atoms with Crippen LogP contribution in [0.4, 0.5) is 13.2 Å². The first-order valence-electron chi connectivity index (χ1n) is 10.3. The van der Waals surface area contributed by atoms with E-state index in [1.807, 2.05) is 4.72 Å². The SMILES string of the molecule is Cc1oc(-c2ccc(C(F)(F)F)cc2)nc1COc1ccc2[nH]cc(CC(=O)NS(C)(=O)=O)c2c1. The molecule has 0 aliphatic rings. The molecule has 4 rings (SSSR count). The number of nitrogens with one attached hydrogen (secondary N) is 2. The molecule has 0 unspecified atom stereocenters. The van der Waals surface area contributed by atoms with Crippen LogP contribution in [0.5, 0.6) is 5.75 Å². The van der Waals surface area contributed by atoms with Crippen molar-refractivity contribution in [3.63, 3.8) is 0 Å². The number of halogens is 3. The normalized spacial score (nSPS) is 12.1. The van der Waals surface area contributed by atoms with Crippen LogP contribution in [0.25, 0.3) is 22.4 Å². The van der Waals surface area contributed by atoms with Gasteiger partial charge in [0.2, 0.25) is 21.8 Å². The Hall–Kier alpha value is -3.80. The van der Waals surface area contributed by atoms with Crippen LogP contribution in [0, 0.1) is 6.92 Å². The number of amides is 1. The zero-order valence-corrected chi connectivity index (χ0v) is 19.4.